The van der Waals surface area contributed by atoms with Gasteiger partial charge in [-0.05, 0) is 35.9 Å². The summed E-state index contributed by atoms with van der Waals surface area (Å²) >= 11 is 7.32. The Bertz CT molecular complexity index is 1250. The zero-order valence-corrected chi connectivity index (χ0v) is 21.0. The van der Waals surface area contributed by atoms with Crippen LogP contribution in [0, 0.1) is 5.82 Å². The van der Waals surface area contributed by atoms with E-state index in [4.69, 9.17) is 21.1 Å². The molecular formula is C24H26ClFN6O2S. The van der Waals surface area contributed by atoms with E-state index in [1.165, 1.54) is 35.4 Å². The molecule has 4 rings (SSSR count). The number of aromatic nitrogens is 3. The average molecular weight is 517 g/mol. The van der Waals surface area contributed by atoms with Crippen molar-refractivity contribution < 1.29 is 13.9 Å². The fraction of sp³-hybridized carbons (Fsp3) is 0.292. The first-order valence-electron chi connectivity index (χ1n) is 11.0. The van der Waals surface area contributed by atoms with Crippen LogP contribution in [0.3, 0.4) is 0 Å². The van der Waals surface area contributed by atoms with Gasteiger partial charge in [-0.2, -0.15) is 4.98 Å². The van der Waals surface area contributed by atoms with Crippen molar-refractivity contribution in [3.8, 4) is 0 Å². The zero-order valence-electron chi connectivity index (χ0n) is 19.4. The van der Waals surface area contributed by atoms with Gasteiger partial charge in [0.25, 0.3) is 0 Å². The van der Waals surface area contributed by atoms with E-state index in [1.54, 1.807) is 20.3 Å². The van der Waals surface area contributed by atoms with Crippen LogP contribution in [0.2, 0.25) is 5.02 Å². The SMILES string of the molecule is COCCN(CCOC)Cc1ccc(Nc2nc3ncnc(Nc4ccc(F)c(Cl)c4)c3s2)cc1. The van der Waals surface area contributed by atoms with Crippen molar-refractivity contribution in [3.63, 3.8) is 0 Å². The van der Waals surface area contributed by atoms with Gasteiger partial charge in [0.15, 0.2) is 16.6 Å². The van der Waals surface area contributed by atoms with Crippen molar-refractivity contribution in [1.82, 2.24) is 19.9 Å². The Balaban J connectivity index is 1.44. The zero-order chi connectivity index (χ0) is 24.6. The molecule has 8 nitrogen and oxygen atoms in total. The number of nitrogens with zero attached hydrogens (tertiary/aromatic N) is 4. The van der Waals surface area contributed by atoms with Crippen molar-refractivity contribution in [2.45, 2.75) is 6.54 Å². The molecule has 0 aliphatic rings. The van der Waals surface area contributed by atoms with Gasteiger partial charge in [-0.15, -0.1) is 0 Å². The standard InChI is InChI=1S/C24H26ClFN6O2S/c1-33-11-9-32(10-12-34-2)14-16-3-5-17(6-4-16)30-24-31-23-21(35-24)22(27-15-28-23)29-18-7-8-20(26)19(25)13-18/h3-8,13,15H,9-12,14H2,1-2H3,(H2,27,28,29,30,31). The van der Waals surface area contributed by atoms with Crippen molar-refractivity contribution >= 4 is 55.6 Å². The third-order valence-electron chi connectivity index (χ3n) is 5.21. The molecule has 0 bridgehead atoms. The van der Waals surface area contributed by atoms with Gasteiger partial charge in [-0.25, -0.2) is 14.4 Å². The number of fused-ring (bicyclic) bond motifs is 1. The van der Waals surface area contributed by atoms with E-state index in [2.05, 4.69) is 42.6 Å². The molecule has 0 aliphatic heterocycles. The fourth-order valence-electron chi connectivity index (χ4n) is 3.39. The van der Waals surface area contributed by atoms with E-state index < -0.39 is 5.82 Å². The molecule has 0 radical (unpaired) electrons. The third-order valence-corrected chi connectivity index (χ3v) is 6.46. The van der Waals surface area contributed by atoms with Crippen LogP contribution in [-0.4, -0.2) is 60.4 Å². The summed E-state index contributed by atoms with van der Waals surface area (Å²) in [7, 11) is 3.42. The molecule has 184 valence electrons. The number of anilines is 4. The Morgan fingerprint density at radius 1 is 0.971 bits per heavy atom. The predicted octanol–water partition coefficient (Wildman–Crippen LogP) is 5.46. The van der Waals surface area contributed by atoms with Crippen LogP contribution >= 0.6 is 22.9 Å². The highest BCUT2D eigenvalue weighted by Crippen LogP contribution is 2.33. The van der Waals surface area contributed by atoms with Crippen molar-refractivity contribution in [3.05, 3.63) is 65.2 Å². The third kappa shape index (κ3) is 6.83. The highest BCUT2D eigenvalue weighted by atomic mass is 35.5. The monoisotopic (exact) mass is 516 g/mol. The highest BCUT2D eigenvalue weighted by molar-refractivity contribution is 7.22. The van der Waals surface area contributed by atoms with E-state index >= 15 is 0 Å². The van der Waals surface area contributed by atoms with E-state index in [0.29, 0.717) is 35.5 Å². The maximum absolute atomic E-state index is 13.5. The summed E-state index contributed by atoms with van der Waals surface area (Å²) < 4.78 is 24.7. The first kappa shape index (κ1) is 25.2. The molecule has 4 aromatic rings. The van der Waals surface area contributed by atoms with Crippen LogP contribution in [0.5, 0.6) is 0 Å². The largest absolute Gasteiger partial charge is 0.383 e. The molecule has 2 aromatic heterocycles. The normalized spacial score (nSPS) is 11.3. The first-order valence-corrected chi connectivity index (χ1v) is 12.1. The lowest BCUT2D eigenvalue weighted by molar-refractivity contribution is 0.110. The summed E-state index contributed by atoms with van der Waals surface area (Å²) in [5.74, 6) is 0.101. The lowest BCUT2D eigenvalue weighted by atomic mass is 10.2. The summed E-state index contributed by atoms with van der Waals surface area (Å²) in [4.78, 5) is 15.5. The Labute approximate surface area is 212 Å². The molecule has 0 fully saturated rings. The quantitative estimate of drug-likeness (QED) is 0.257. The second-order valence-corrected chi connectivity index (χ2v) is 9.14. The summed E-state index contributed by atoms with van der Waals surface area (Å²) in [6.45, 7) is 3.84. The van der Waals surface area contributed by atoms with Crippen molar-refractivity contribution in [2.24, 2.45) is 0 Å². The summed E-state index contributed by atoms with van der Waals surface area (Å²) in [5, 5.41) is 7.23. The lowest BCUT2D eigenvalue weighted by Crippen LogP contribution is -2.30. The molecule has 0 aliphatic carbocycles. The predicted molar refractivity (Wildman–Crippen MR) is 139 cm³/mol. The Kier molecular flexibility index (Phi) is 8.78. The molecule has 11 heteroatoms. The van der Waals surface area contributed by atoms with Gasteiger partial charge in [0.2, 0.25) is 0 Å². The first-order chi connectivity index (χ1) is 17.1. The number of hydrogen-bond donors (Lipinski definition) is 2. The van der Waals surface area contributed by atoms with E-state index in [9.17, 15) is 4.39 Å². The van der Waals surface area contributed by atoms with Gasteiger partial charge in [-0.1, -0.05) is 35.1 Å². The fourth-order valence-corrected chi connectivity index (χ4v) is 4.46. The topological polar surface area (TPSA) is 84.4 Å². The van der Waals surface area contributed by atoms with Gasteiger partial charge >= 0.3 is 0 Å². The van der Waals surface area contributed by atoms with Crippen LogP contribution in [-0.2, 0) is 16.0 Å². The summed E-state index contributed by atoms with van der Waals surface area (Å²) in [5.41, 5.74) is 3.30. The minimum absolute atomic E-state index is 0.0379. The number of halogens is 2. The smallest absolute Gasteiger partial charge is 0.189 e. The van der Waals surface area contributed by atoms with Crippen LogP contribution in [0.4, 0.5) is 26.7 Å². The number of benzene rings is 2. The van der Waals surface area contributed by atoms with Crippen LogP contribution < -0.4 is 10.6 Å². The Hall–Kier alpha value is -2.89. The number of hydrogen-bond acceptors (Lipinski definition) is 9. The van der Waals surface area contributed by atoms with Gasteiger partial charge in [0.1, 0.15) is 16.8 Å². The van der Waals surface area contributed by atoms with E-state index in [0.717, 1.165) is 30.0 Å². The number of nitrogens with one attached hydrogen (secondary N) is 2. The maximum atomic E-state index is 13.5. The van der Waals surface area contributed by atoms with Gasteiger partial charge in [0.05, 0.1) is 18.2 Å². The molecule has 2 heterocycles. The number of ether oxygens (including phenoxy) is 2. The number of thiazole rings is 1. The van der Waals surface area contributed by atoms with E-state index in [1.807, 2.05) is 12.1 Å². The second kappa shape index (κ2) is 12.2. The molecule has 0 amide bonds. The van der Waals surface area contributed by atoms with E-state index in [-0.39, 0.29) is 5.02 Å². The van der Waals surface area contributed by atoms with Crippen LogP contribution in [0.1, 0.15) is 5.56 Å². The average Bonchev–Trinajstić information content (AvgIpc) is 3.28. The molecule has 0 saturated carbocycles. The molecule has 2 aromatic carbocycles. The minimum atomic E-state index is -0.474. The summed E-state index contributed by atoms with van der Waals surface area (Å²) in [6.07, 6.45) is 1.44. The Morgan fingerprint density at radius 2 is 1.69 bits per heavy atom. The molecular weight excluding hydrogens is 491 g/mol. The molecule has 35 heavy (non-hydrogen) atoms. The second-order valence-electron chi connectivity index (χ2n) is 7.73. The van der Waals surface area contributed by atoms with Gasteiger partial charge < -0.3 is 20.1 Å². The molecule has 0 unspecified atom stereocenters. The number of rotatable bonds is 12. The van der Waals surface area contributed by atoms with Crippen LogP contribution in [0.15, 0.2) is 48.8 Å². The maximum Gasteiger partial charge on any atom is 0.189 e. The van der Waals surface area contributed by atoms with Gasteiger partial charge in [-0.3, -0.25) is 4.90 Å². The molecule has 0 atom stereocenters. The molecule has 0 spiro atoms. The van der Waals surface area contributed by atoms with Crippen LogP contribution in [0.25, 0.3) is 10.3 Å². The molecule has 0 saturated heterocycles. The minimum Gasteiger partial charge on any atom is -0.383 e. The lowest BCUT2D eigenvalue weighted by Gasteiger charge is -2.21. The molecule has 2 N–H and O–H groups in total. The van der Waals surface area contributed by atoms with Gasteiger partial charge in [0, 0.05) is 45.2 Å². The number of methoxy groups -OCH3 is 2. The van der Waals surface area contributed by atoms with Crippen molar-refractivity contribution in [2.75, 3.05) is 51.2 Å². The van der Waals surface area contributed by atoms with Crippen molar-refractivity contribution in [1.29, 1.82) is 0 Å². The highest BCUT2D eigenvalue weighted by Gasteiger charge is 2.12. The Morgan fingerprint density at radius 3 is 2.37 bits per heavy atom. The summed E-state index contributed by atoms with van der Waals surface area (Å²) in [6, 6.07) is 12.7.